The molecule has 1 aliphatic heterocycles. The molecule has 2 unspecified atom stereocenters. The van der Waals surface area contributed by atoms with Crippen molar-refractivity contribution < 1.29 is 9.59 Å². The molecule has 2 atom stereocenters. The molecule has 1 aliphatic rings. The fraction of sp³-hybridized carbons (Fsp3) is 0.333. The fourth-order valence-corrected chi connectivity index (χ4v) is 2.38. The second kappa shape index (κ2) is 4.31. The summed E-state index contributed by atoms with van der Waals surface area (Å²) in [6, 6.07) is 4.69. The van der Waals surface area contributed by atoms with Crippen molar-refractivity contribution in [3.63, 3.8) is 0 Å². The van der Waals surface area contributed by atoms with Crippen molar-refractivity contribution >= 4 is 40.7 Å². The normalized spacial score (nSPS) is 24.6. The van der Waals surface area contributed by atoms with Crippen LogP contribution in [-0.4, -0.2) is 11.8 Å². The van der Waals surface area contributed by atoms with Gasteiger partial charge in [-0.3, -0.25) is 9.59 Å². The number of benzene rings is 1. The van der Waals surface area contributed by atoms with Crippen LogP contribution in [0.25, 0.3) is 0 Å². The lowest BCUT2D eigenvalue weighted by molar-refractivity contribution is -0.122. The Morgan fingerprint density at radius 1 is 0.941 bits per heavy atom. The highest BCUT2D eigenvalue weighted by molar-refractivity contribution is 6.35. The van der Waals surface area contributed by atoms with E-state index in [2.05, 4.69) is 0 Å². The van der Waals surface area contributed by atoms with Crippen LogP contribution in [0.2, 0.25) is 10.0 Å². The molecule has 0 aliphatic carbocycles. The Morgan fingerprint density at radius 3 is 1.76 bits per heavy atom. The van der Waals surface area contributed by atoms with Crippen LogP contribution in [0.15, 0.2) is 18.2 Å². The molecule has 0 bridgehead atoms. The van der Waals surface area contributed by atoms with Crippen molar-refractivity contribution in [1.29, 1.82) is 0 Å². The molecule has 0 N–H and O–H groups in total. The Balaban J connectivity index is 2.47. The number of halogens is 2. The van der Waals surface area contributed by atoms with Crippen molar-refractivity contribution in [3.8, 4) is 0 Å². The molecule has 1 saturated heterocycles. The van der Waals surface area contributed by atoms with Gasteiger partial charge in [-0.05, 0) is 18.2 Å². The van der Waals surface area contributed by atoms with Crippen molar-refractivity contribution in [1.82, 2.24) is 0 Å². The number of rotatable bonds is 1. The Morgan fingerprint density at radius 2 is 1.35 bits per heavy atom. The third kappa shape index (κ3) is 2.05. The highest BCUT2D eigenvalue weighted by Gasteiger charge is 2.43. The molecular weight excluding hydrogens is 261 g/mol. The molecular formula is C12H11Cl2NO2. The summed E-state index contributed by atoms with van der Waals surface area (Å²) < 4.78 is 0. The smallest absolute Gasteiger partial charge is 0.237 e. The van der Waals surface area contributed by atoms with Gasteiger partial charge in [-0.2, -0.15) is 0 Å². The molecule has 0 aromatic heterocycles. The maximum atomic E-state index is 12.0. The molecule has 0 saturated carbocycles. The summed E-state index contributed by atoms with van der Waals surface area (Å²) in [6.45, 7) is 3.49. The molecule has 2 rings (SSSR count). The summed E-state index contributed by atoms with van der Waals surface area (Å²) in [7, 11) is 0. The number of nitrogens with zero attached hydrogens (tertiary/aromatic N) is 1. The Hall–Kier alpha value is -1.06. The van der Waals surface area contributed by atoms with E-state index >= 15 is 0 Å². The Kier molecular flexibility index (Phi) is 3.15. The molecule has 1 fully saturated rings. The summed E-state index contributed by atoms with van der Waals surface area (Å²) in [6.07, 6.45) is 0. The first kappa shape index (κ1) is 12.4. The summed E-state index contributed by atoms with van der Waals surface area (Å²) in [5, 5.41) is 0.806. The average Bonchev–Trinajstić information content (AvgIpc) is 2.42. The van der Waals surface area contributed by atoms with Crippen LogP contribution in [-0.2, 0) is 9.59 Å². The van der Waals surface area contributed by atoms with Crippen LogP contribution in [0.1, 0.15) is 13.8 Å². The van der Waals surface area contributed by atoms with Crippen molar-refractivity contribution in [2.24, 2.45) is 11.8 Å². The summed E-state index contributed by atoms with van der Waals surface area (Å²) >= 11 is 11.7. The first-order chi connectivity index (χ1) is 7.91. The van der Waals surface area contributed by atoms with E-state index in [9.17, 15) is 9.59 Å². The molecule has 2 amide bonds. The lowest BCUT2D eigenvalue weighted by Gasteiger charge is -2.15. The fourth-order valence-electron chi connectivity index (χ4n) is 1.87. The van der Waals surface area contributed by atoms with Crippen LogP contribution in [0, 0.1) is 11.8 Å². The van der Waals surface area contributed by atoms with Crippen LogP contribution >= 0.6 is 23.2 Å². The first-order valence-electron chi connectivity index (χ1n) is 5.25. The largest absolute Gasteiger partial charge is 0.274 e. The third-order valence-corrected chi connectivity index (χ3v) is 3.51. The topological polar surface area (TPSA) is 37.4 Å². The van der Waals surface area contributed by atoms with Crippen molar-refractivity contribution in [2.75, 3.05) is 4.90 Å². The van der Waals surface area contributed by atoms with E-state index in [0.717, 1.165) is 4.90 Å². The summed E-state index contributed by atoms with van der Waals surface area (Å²) in [5.41, 5.74) is 0.439. The van der Waals surface area contributed by atoms with Gasteiger partial charge in [-0.15, -0.1) is 0 Å². The quantitative estimate of drug-likeness (QED) is 0.736. The maximum Gasteiger partial charge on any atom is 0.237 e. The highest BCUT2D eigenvalue weighted by Crippen LogP contribution is 2.33. The second-order valence-electron chi connectivity index (χ2n) is 4.22. The molecule has 0 radical (unpaired) electrons. The van der Waals surface area contributed by atoms with Gasteiger partial charge in [0.05, 0.1) is 5.69 Å². The predicted octanol–water partition coefficient (Wildman–Crippen LogP) is 3.14. The molecule has 1 aromatic carbocycles. The number of hydrogen-bond acceptors (Lipinski definition) is 2. The number of hydrogen-bond donors (Lipinski definition) is 0. The SMILES string of the molecule is CC1C(=O)N(c2cc(Cl)cc(Cl)c2)C(=O)C1C. The third-order valence-electron chi connectivity index (χ3n) is 3.08. The van der Waals surface area contributed by atoms with Crippen LogP contribution in [0.4, 0.5) is 5.69 Å². The van der Waals surface area contributed by atoms with Gasteiger partial charge >= 0.3 is 0 Å². The van der Waals surface area contributed by atoms with E-state index in [4.69, 9.17) is 23.2 Å². The molecule has 90 valence electrons. The van der Waals surface area contributed by atoms with Gasteiger partial charge in [0.25, 0.3) is 0 Å². The zero-order valence-electron chi connectivity index (χ0n) is 9.41. The number of imide groups is 1. The highest BCUT2D eigenvalue weighted by atomic mass is 35.5. The van der Waals surface area contributed by atoms with E-state index in [-0.39, 0.29) is 23.7 Å². The summed E-state index contributed by atoms with van der Waals surface area (Å²) in [5.74, 6) is -1.03. The lowest BCUT2D eigenvalue weighted by atomic mass is 10.00. The molecule has 1 heterocycles. The molecule has 1 aromatic rings. The van der Waals surface area contributed by atoms with Gasteiger partial charge in [0, 0.05) is 21.9 Å². The minimum Gasteiger partial charge on any atom is -0.274 e. The van der Waals surface area contributed by atoms with Crippen LogP contribution in [0.5, 0.6) is 0 Å². The van der Waals surface area contributed by atoms with Gasteiger partial charge in [-0.1, -0.05) is 37.0 Å². The number of amides is 2. The predicted molar refractivity (Wildman–Crippen MR) is 67.3 cm³/mol. The minimum absolute atomic E-state index is 0.208. The van der Waals surface area contributed by atoms with Crippen molar-refractivity contribution in [3.05, 3.63) is 28.2 Å². The zero-order valence-corrected chi connectivity index (χ0v) is 10.9. The number of carbonyl (C=O) groups is 2. The molecule has 5 heteroatoms. The Bertz CT molecular complexity index is 461. The van der Waals surface area contributed by atoms with Gasteiger partial charge in [-0.25, -0.2) is 4.90 Å². The van der Waals surface area contributed by atoms with Crippen LogP contribution < -0.4 is 4.90 Å². The Labute approximate surface area is 109 Å². The summed E-state index contributed by atoms with van der Waals surface area (Å²) in [4.78, 5) is 25.1. The number of carbonyl (C=O) groups excluding carboxylic acids is 2. The number of anilines is 1. The van der Waals surface area contributed by atoms with Crippen molar-refractivity contribution in [2.45, 2.75) is 13.8 Å². The minimum atomic E-state index is -0.305. The van der Waals surface area contributed by atoms with E-state index in [1.807, 2.05) is 0 Å². The molecule has 17 heavy (non-hydrogen) atoms. The van der Waals surface area contributed by atoms with E-state index in [1.54, 1.807) is 32.0 Å². The molecule has 3 nitrogen and oxygen atoms in total. The molecule has 0 spiro atoms. The van der Waals surface area contributed by atoms with E-state index in [1.165, 1.54) is 0 Å². The van der Waals surface area contributed by atoms with E-state index in [0.29, 0.717) is 15.7 Å². The van der Waals surface area contributed by atoms with Gasteiger partial charge in [0.2, 0.25) is 11.8 Å². The van der Waals surface area contributed by atoms with Gasteiger partial charge < -0.3 is 0 Å². The zero-order chi connectivity index (χ0) is 12.7. The lowest BCUT2D eigenvalue weighted by Crippen LogP contribution is -2.30. The monoisotopic (exact) mass is 271 g/mol. The average molecular weight is 272 g/mol. The van der Waals surface area contributed by atoms with E-state index < -0.39 is 0 Å². The second-order valence-corrected chi connectivity index (χ2v) is 5.09. The standard InChI is InChI=1S/C12H11Cl2NO2/c1-6-7(2)12(17)15(11(6)16)10-4-8(13)3-9(14)5-10/h3-7H,1-2H3. The van der Waals surface area contributed by atoms with Gasteiger partial charge in [0.15, 0.2) is 0 Å². The first-order valence-corrected chi connectivity index (χ1v) is 6.01. The van der Waals surface area contributed by atoms with Gasteiger partial charge in [0.1, 0.15) is 0 Å². The maximum absolute atomic E-state index is 12.0. The van der Waals surface area contributed by atoms with Crippen LogP contribution in [0.3, 0.4) is 0 Å².